The molecule has 0 unspecified atom stereocenters. The number of nitrogens with zero attached hydrogens (tertiary/aromatic N) is 3. The molecule has 5 heteroatoms. The van der Waals surface area contributed by atoms with Crippen molar-refractivity contribution in [2.24, 2.45) is 0 Å². The van der Waals surface area contributed by atoms with E-state index in [0.29, 0.717) is 6.04 Å². The summed E-state index contributed by atoms with van der Waals surface area (Å²) in [7, 11) is 0. The molecule has 0 radical (unpaired) electrons. The molecule has 4 rings (SSSR count). The van der Waals surface area contributed by atoms with Gasteiger partial charge in [-0.05, 0) is 38.5 Å². The van der Waals surface area contributed by atoms with Crippen LogP contribution in [0.2, 0.25) is 0 Å². The molecule has 3 heterocycles. The summed E-state index contributed by atoms with van der Waals surface area (Å²) in [6, 6.07) is 6.94. The molecule has 1 aliphatic heterocycles. The van der Waals surface area contributed by atoms with Crippen LogP contribution < -0.4 is 0 Å². The summed E-state index contributed by atoms with van der Waals surface area (Å²) in [4.78, 5) is 10.5. The Labute approximate surface area is 148 Å². The van der Waals surface area contributed by atoms with Crippen LogP contribution in [0, 0.1) is 13.8 Å². The zero-order valence-corrected chi connectivity index (χ0v) is 15.2. The minimum atomic E-state index is 0.364. The minimum Gasteiger partial charge on any atom is -0.379 e. The van der Waals surface area contributed by atoms with E-state index in [9.17, 15) is 0 Å². The Balaban J connectivity index is 1.66. The van der Waals surface area contributed by atoms with E-state index in [-0.39, 0.29) is 0 Å². The summed E-state index contributed by atoms with van der Waals surface area (Å²) in [5.41, 5.74) is 6.10. The zero-order valence-electron chi connectivity index (χ0n) is 15.2. The van der Waals surface area contributed by atoms with Crippen molar-refractivity contribution in [3.63, 3.8) is 0 Å². The molecule has 2 aromatic heterocycles. The van der Waals surface area contributed by atoms with Crippen LogP contribution in [-0.4, -0.2) is 52.3 Å². The van der Waals surface area contributed by atoms with Crippen molar-refractivity contribution < 1.29 is 4.74 Å². The first-order chi connectivity index (χ1) is 12.1. The summed E-state index contributed by atoms with van der Waals surface area (Å²) in [6.07, 6.45) is 3.93. The van der Waals surface area contributed by atoms with Crippen molar-refractivity contribution in [3.05, 3.63) is 41.9 Å². The average molecular weight is 338 g/mol. The zero-order chi connectivity index (χ0) is 17.4. The van der Waals surface area contributed by atoms with Gasteiger partial charge in [-0.25, -0.2) is 4.98 Å². The standard InChI is InChI=1S/C20H26N4O/c1-14-4-5-18-17(10-14)16(3)20(22-18)19-11-21-13-24(19)15(2)12-23-6-8-25-9-7-23/h4-5,10-11,13,15,22H,6-9,12H2,1-3H3/t15-/m0/s1. The van der Waals surface area contributed by atoms with E-state index in [2.05, 4.69) is 58.4 Å². The molecule has 0 aliphatic carbocycles. The monoisotopic (exact) mass is 338 g/mol. The highest BCUT2D eigenvalue weighted by atomic mass is 16.5. The number of hydrogen-bond donors (Lipinski definition) is 1. The molecule has 1 saturated heterocycles. The van der Waals surface area contributed by atoms with Crippen molar-refractivity contribution in [2.45, 2.75) is 26.8 Å². The Hall–Kier alpha value is -2.11. The molecule has 1 aromatic carbocycles. The Morgan fingerprint density at radius 1 is 1.24 bits per heavy atom. The highest BCUT2D eigenvalue weighted by Gasteiger charge is 2.19. The number of benzene rings is 1. The van der Waals surface area contributed by atoms with Crippen LogP contribution in [0.4, 0.5) is 0 Å². The third kappa shape index (κ3) is 3.10. The molecule has 1 atom stereocenters. The van der Waals surface area contributed by atoms with Gasteiger partial charge in [-0.1, -0.05) is 11.6 Å². The first-order valence-electron chi connectivity index (χ1n) is 9.04. The van der Waals surface area contributed by atoms with Gasteiger partial charge in [-0.15, -0.1) is 0 Å². The number of rotatable bonds is 4. The number of aryl methyl sites for hydroxylation is 2. The third-order valence-corrected chi connectivity index (χ3v) is 5.24. The van der Waals surface area contributed by atoms with Gasteiger partial charge in [-0.2, -0.15) is 0 Å². The largest absolute Gasteiger partial charge is 0.379 e. The molecule has 3 aromatic rings. The molecule has 0 bridgehead atoms. The topological polar surface area (TPSA) is 46.1 Å². The number of nitrogens with one attached hydrogen (secondary N) is 1. The van der Waals surface area contributed by atoms with E-state index < -0.39 is 0 Å². The fourth-order valence-corrected chi connectivity index (χ4v) is 3.79. The number of imidazole rings is 1. The molecular weight excluding hydrogens is 312 g/mol. The van der Waals surface area contributed by atoms with Gasteiger partial charge >= 0.3 is 0 Å². The Morgan fingerprint density at radius 3 is 2.84 bits per heavy atom. The van der Waals surface area contributed by atoms with Gasteiger partial charge in [0.05, 0.1) is 37.1 Å². The van der Waals surface area contributed by atoms with E-state index in [1.165, 1.54) is 27.7 Å². The van der Waals surface area contributed by atoms with Crippen LogP contribution in [0.15, 0.2) is 30.7 Å². The van der Waals surface area contributed by atoms with Gasteiger partial charge < -0.3 is 14.3 Å². The number of aromatic nitrogens is 3. The SMILES string of the molecule is Cc1ccc2[nH]c(-c3cncn3[C@@H](C)CN3CCOCC3)c(C)c2c1. The molecule has 25 heavy (non-hydrogen) atoms. The van der Waals surface area contributed by atoms with Gasteiger partial charge in [0.2, 0.25) is 0 Å². The van der Waals surface area contributed by atoms with Gasteiger partial charge in [-0.3, -0.25) is 4.90 Å². The van der Waals surface area contributed by atoms with Gasteiger partial charge in [0.25, 0.3) is 0 Å². The quantitative estimate of drug-likeness (QED) is 0.791. The predicted octanol–water partition coefficient (Wildman–Crippen LogP) is 3.54. The summed E-state index contributed by atoms with van der Waals surface area (Å²) in [5, 5.41) is 1.29. The lowest BCUT2D eigenvalue weighted by atomic mass is 10.1. The second kappa shape index (κ2) is 6.65. The van der Waals surface area contributed by atoms with E-state index in [1.54, 1.807) is 0 Å². The molecule has 132 valence electrons. The first kappa shape index (κ1) is 16.4. The maximum absolute atomic E-state index is 5.46. The minimum absolute atomic E-state index is 0.364. The van der Waals surface area contributed by atoms with Crippen molar-refractivity contribution in [3.8, 4) is 11.4 Å². The fourth-order valence-electron chi connectivity index (χ4n) is 3.79. The molecule has 5 nitrogen and oxygen atoms in total. The predicted molar refractivity (Wildman–Crippen MR) is 101 cm³/mol. The number of morpholine rings is 1. The Kier molecular flexibility index (Phi) is 4.36. The van der Waals surface area contributed by atoms with Gasteiger partial charge in [0, 0.05) is 36.6 Å². The molecule has 0 spiro atoms. The summed E-state index contributed by atoms with van der Waals surface area (Å²) < 4.78 is 7.75. The van der Waals surface area contributed by atoms with E-state index in [0.717, 1.165) is 38.5 Å². The molecular formula is C20H26N4O. The van der Waals surface area contributed by atoms with Crippen LogP contribution in [0.25, 0.3) is 22.3 Å². The number of ether oxygens (including phenoxy) is 1. The summed E-state index contributed by atoms with van der Waals surface area (Å²) >= 11 is 0. The molecule has 0 saturated carbocycles. The number of hydrogen-bond acceptors (Lipinski definition) is 3. The lowest BCUT2D eigenvalue weighted by Gasteiger charge is -2.30. The highest BCUT2D eigenvalue weighted by molar-refractivity contribution is 5.90. The molecule has 1 fully saturated rings. The Morgan fingerprint density at radius 2 is 2.04 bits per heavy atom. The smallest absolute Gasteiger partial charge is 0.0954 e. The molecule has 1 N–H and O–H groups in total. The maximum atomic E-state index is 5.46. The summed E-state index contributed by atoms with van der Waals surface area (Å²) in [6.45, 7) is 11.3. The number of H-pyrrole nitrogens is 1. The molecule has 0 amide bonds. The second-order valence-corrected chi connectivity index (χ2v) is 7.12. The normalized spacial score (nSPS) is 17.2. The van der Waals surface area contributed by atoms with E-state index in [4.69, 9.17) is 4.74 Å². The number of aromatic amines is 1. The maximum Gasteiger partial charge on any atom is 0.0954 e. The molecule has 1 aliphatic rings. The van der Waals surface area contributed by atoms with Crippen LogP contribution in [0.5, 0.6) is 0 Å². The Bertz CT molecular complexity index is 873. The van der Waals surface area contributed by atoms with Crippen molar-refractivity contribution in [1.82, 2.24) is 19.4 Å². The van der Waals surface area contributed by atoms with Crippen molar-refractivity contribution >= 4 is 10.9 Å². The fraction of sp³-hybridized carbons (Fsp3) is 0.450. The lowest BCUT2D eigenvalue weighted by molar-refractivity contribution is 0.0326. The third-order valence-electron chi connectivity index (χ3n) is 5.24. The van der Waals surface area contributed by atoms with Gasteiger partial charge in [0.1, 0.15) is 0 Å². The highest BCUT2D eigenvalue weighted by Crippen LogP contribution is 2.31. The van der Waals surface area contributed by atoms with Gasteiger partial charge in [0.15, 0.2) is 0 Å². The second-order valence-electron chi connectivity index (χ2n) is 7.12. The average Bonchev–Trinajstić information content (AvgIpc) is 3.21. The van der Waals surface area contributed by atoms with Crippen LogP contribution >= 0.6 is 0 Å². The van der Waals surface area contributed by atoms with Crippen LogP contribution in [0.3, 0.4) is 0 Å². The van der Waals surface area contributed by atoms with Crippen LogP contribution in [0.1, 0.15) is 24.1 Å². The van der Waals surface area contributed by atoms with E-state index >= 15 is 0 Å². The van der Waals surface area contributed by atoms with E-state index in [1.807, 2.05) is 12.5 Å². The first-order valence-corrected chi connectivity index (χ1v) is 9.04. The van der Waals surface area contributed by atoms with Crippen LogP contribution in [-0.2, 0) is 4.74 Å². The summed E-state index contributed by atoms with van der Waals surface area (Å²) in [5.74, 6) is 0. The number of fused-ring (bicyclic) bond motifs is 1. The van der Waals surface area contributed by atoms with Crippen molar-refractivity contribution in [1.29, 1.82) is 0 Å². The lowest BCUT2D eigenvalue weighted by Crippen LogP contribution is -2.39. The van der Waals surface area contributed by atoms with Crippen molar-refractivity contribution in [2.75, 3.05) is 32.8 Å².